The quantitative estimate of drug-likeness (QED) is 0.236. The second-order valence-corrected chi connectivity index (χ2v) is 8.43. The maximum atomic E-state index is 4.73. The standard InChI is InChI=1S/C20H32N6S.HI/c1-16-24-25-19(26(16)2)15-23-20(22-14-18-11-7-13-27-18)21-12-6-10-17-8-4-3-5-9-17;/h7,11,13,17H,3-6,8-10,12,14-15H2,1-2H3,(H2,21,22,23);1H. The Hall–Kier alpha value is -1.16. The molecule has 156 valence electrons. The molecule has 2 aromatic rings. The van der Waals surface area contributed by atoms with Gasteiger partial charge in [0, 0.05) is 18.5 Å². The van der Waals surface area contributed by atoms with Crippen molar-refractivity contribution in [2.75, 3.05) is 6.54 Å². The van der Waals surface area contributed by atoms with Crippen LogP contribution < -0.4 is 10.6 Å². The number of hydrogen-bond donors (Lipinski definition) is 2. The highest BCUT2D eigenvalue weighted by molar-refractivity contribution is 14.0. The predicted molar refractivity (Wildman–Crippen MR) is 127 cm³/mol. The summed E-state index contributed by atoms with van der Waals surface area (Å²) in [5.41, 5.74) is 0. The van der Waals surface area contributed by atoms with Crippen molar-refractivity contribution in [2.24, 2.45) is 18.0 Å². The van der Waals surface area contributed by atoms with E-state index in [2.05, 4.69) is 38.3 Å². The molecule has 0 aliphatic heterocycles. The van der Waals surface area contributed by atoms with E-state index in [0.717, 1.165) is 36.6 Å². The number of aromatic nitrogens is 3. The third-order valence-electron chi connectivity index (χ3n) is 5.38. The molecule has 1 aliphatic carbocycles. The monoisotopic (exact) mass is 516 g/mol. The molecule has 0 aromatic carbocycles. The van der Waals surface area contributed by atoms with Crippen LogP contribution in [-0.4, -0.2) is 27.3 Å². The van der Waals surface area contributed by atoms with Gasteiger partial charge >= 0.3 is 0 Å². The fourth-order valence-electron chi connectivity index (χ4n) is 3.57. The summed E-state index contributed by atoms with van der Waals surface area (Å²) in [6.07, 6.45) is 9.64. The van der Waals surface area contributed by atoms with E-state index in [1.807, 2.05) is 18.5 Å². The topological polar surface area (TPSA) is 67.1 Å². The van der Waals surface area contributed by atoms with Crippen LogP contribution in [0.15, 0.2) is 22.5 Å². The van der Waals surface area contributed by atoms with Crippen molar-refractivity contribution in [2.45, 2.75) is 65.0 Å². The Bertz CT molecular complexity index is 706. The van der Waals surface area contributed by atoms with Gasteiger partial charge in [0.25, 0.3) is 0 Å². The van der Waals surface area contributed by atoms with Crippen LogP contribution in [-0.2, 0) is 20.1 Å². The van der Waals surface area contributed by atoms with Gasteiger partial charge in [-0.3, -0.25) is 0 Å². The first kappa shape index (κ1) is 23.1. The Morgan fingerprint density at radius 1 is 1.25 bits per heavy atom. The minimum absolute atomic E-state index is 0. The molecule has 8 heteroatoms. The van der Waals surface area contributed by atoms with Crippen molar-refractivity contribution in [3.05, 3.63) is 34.0 Å². The Balaban J connectivity index is 0.00000280. The van der Waals surface area contributed by atoms with E-state index >= 15 is 0 Å². The molecule has 2 heterocycles. The molecule has 0 atom stereocenters. The van der Waals surface area contributed by atoms with E-state index in [4.69, 9.17) is 4.99 Å². The lowest BCUT2D eigenvalue weighted by molar-refractivity contribution is 0.332. The number of thiophene rings is 1. The van der Waals surface area contributed by atoms with Gasteiger partial charge in [0.15, 0.2) is 11.8 Å². The lowest BCUT2D eigenvalue weighted by Crippen LogP contribution is -2.37. The third-order valence-corrected chi connectivity index (χ3v) is 6.25. The largest absolute Gasteiger partial charge is 0.356 e. The average molecular weight is 516 g/mol. The van der Waals surface area contributed by atoms with E-state index in [0.29, 0.717) is 6.54 Å². The van der Waals surface area contributed by atoms with Crippen molar-refractivity contribution in [1.82, 2.24) is 25.4 Å². The first-order valence-electron chi connectivity index (χ1n) is 10.1. The number of hydrogen-bond acceptors (Lipinski definition) is 4. The first-order valence-corrected chi connectivity index (χ1v) is 11.0. The number of guanidine groups is 1. The van der Waals surface area contributed by atoms with Crippen LogP contribution in [0.25, 0.3) is 0 Å². The summed E-state index contributed by atoms with van der Waals surface area (Å²) >= 11 is 1.76. The van der Waals surface area contributed by atoms with Crippen molar-refractivity contribution in [3.63, 3.8) is 0 Å². The van der Waals surface area contributed by atoms with Gasteiger partial charge in [0.1, 0.15) is 12.4 Å². The molecular formula is C20H33IN6S. The van der Waals surface area contributed by atoms with Crippen molar-refractivity contribution < 1.29 is 0 Å². The smallest absolute Gasteiger partial charge is 0.192 e. The minimum atomic E-state index is 0. The summed E-state index contributed by atoms with van der Waals surface area (Å²) in [7, 11) is 1.98. The highest BCUT2D eigenvalue weighted by atomic mass is 127. The maximum absolute atomic E-state index is 4.73. The number of nitrogens with zero attached hydrogens (tertiary/aromatic N) is 4. The summed E-state index contributed by atoms with van der Waals surface area (Å²) in [5, 5.41) is 17.4. The van der Waals surface area contributed by atoms with Gasteiger partial charge in [-0.15, -0.1) is 45.5 Å². The van der Waals surface area contributed by atoms with Gasteiger partial charge in [-0.2, -0.15) is 0 Å². The van der Waals surface area contributed by atoms with Crippen molar-refractivity contribution >= 4 is 41.3 Å². The van der Waals surface area contributed by atoms with Gasteiger partial charge in [0.05, 0.1) is 6.54 Å². The zero-order chi connectivity index (χ0) is 18.9. The highest BCUT2D eigenvalue weighted by Crippen LogP contribution is 2.26. The molecule has 0 amide bonds. The molecule has 3 rings (SSSR count). The van der Waals surface area contributed by atoms with E-state index in [-0.39, 0.29) is 24.0 Å². The molecule has 1 saturated carbocycles. The molecule has 0 radical (unpaired) electrons. The Kier molecular flexibility index (Phi) is 10.3. The van der Waals surface area contributed by atoms with Gasteiger partial charge in [0.2, 0.25) is 0 Å². The molecule has 28 heavy (non-hydrogen) atoms. The van der Waals surface area contributed by atoms with E-state index < -0.39 is 0 Å². The van der Waals surface area contributed by atoms with Gasteiger partial charge in [-0.1, -0.05) is 38.2 Å². The lowest BCUT2D eigenvalue weighted by Gasteiger charge is -2.21. The van der Waals surface area contributed by atoms with Gasteiger partial charge < -0.3 is 15.2 Å². The van der Waals surface area contributed by atoms with Gasteiger partial charge in [-0.05, 0) is 37.1 Å². The fourth-order valence-corrected chi connectivity index (χ4v) is 4.21. The Labute approximate surface area is 189 Å². The minimum Gasteiger partial charge on any atom is -0.356 e. The summed E-state index contributed by atoms with van der Waals surface area (Å²) < 4.78 is 1.99. The van der Waals surface area contributed by atoms with E-state index in [9.17, 15) is 0 Å². The zero-order valence-electron chi connectivity index (χ0n) is 17.0. The van der Waals surface area contributed by atoms with Gasteiger partial charge in [-0.25, -0.2) is 4.99 Å². The maximum Gasteiger partial charge on any atom is 0.192 e. The molecule has 0 spiro atoms. The van der Waals surface area contributed by atoms with E-state index in [1.54, 1.807) is 11.3 Å². The molecule has 0 unspecified atom stereocenters. The molecule has 6 nitrogen and oxygen atoms in total. The number of halogens is 1. The highest BCUT2D eigenvalue weighted by Gasteiger charge is 2.12. The van der Waals surface area contributed by atoms with Crippen LogP contribution in [0.3, 0.4) is 0 Å². The second-order valence-electron chi connectivity index (χ2n) is 7.39. The molecule has 2 N–H and O–H groups in total. The van der Waals surface area contributed by atoms with Crippen LogP contribution >= 0.6 is 35.3 Å². The third kappa shape index (κ3) is 7.35. The molecule has 1 fully saturated rings. The summed E-state index contributed by atoms with van der Waals surface area (Å²) in [5.74, 6) is 3.58. The molecule has 1 aliphatic rings. The number of rotatable bonds is 8. The Morgan fingerprint density at radius 3 is 2.75 bits per heavy atom. The van der Waals surface area contributed by atoms with Crippen LogP contribution in [0, 0.1) is 12.8 Å². The van der Waals surface area contributed by atoms with Crippen molar-refractivity contribution in [1.29, 1.82) is 0 Å². The lowest BCUT2D eigenvalue weighted by atomic mass is 9.86. The molecule has 0 saturated heterocycles. The average Bonchev–Trinajstić information content (AvgIpc) is 3.32. The molecule has 0 bridgehead atoms. The first-order chi connectivity index (χ1) is 13.2. The summed E-state index contributed by atoms with van der Waals surface area (Å²) in [4.78, 5) is 6.03. The Morgan fingerprint density at radius 2 is 2.07 bits per heavy atom. The number of nitrogens with one attached hydrogen (secondary N) is 2. The molecule has 2 aromatic heterocycles. The zero-order valence-corrected chi connectivity index (χ0v) is 20.1. The van der Waals surface area contributed by atoms with Crippen molar-refractivity contribution in [3.8, 4) is 0 Å². The normalized spacial score (nSPS) is 15.3. The SMILES string of the molecule is Cc1nnc(CN=C(NCCCC2CCCCC2)NCc2cccs2)n1C.I. The van der Waals surface area contributed by atoms with E-state index in [1.165, 1.54) is 49.8 Å². The molecular weight excluding hydrogens is 483 g/mol. The van der Waals surface area contributed by atoms with Crippen LogP contribution in [0.2, 0.25) is 0 Å². The van der Waals surface area contributed by atoms with Crippen LogP contribution in [0.1, 0.15) is 61.5 Å². The summed E-state index contributed by atoms with van der Waals surface area (Å²) in [6.45, 7) is 4.24. The number of aliphatic imine (C=N–C) groups is 1. The number of aryl methyl sites for hydroxylation is 1. The van der Waals surface area contributed by atoms with Crippen LogP contribution in [0.4, 0.5) is 0 Å². The fraction of sp³-hybridized carbons (Fsp3) is 0.650. The van der Waals surface area contributed by atoms with Crippen LogP contribution in [0.5, 0.6) is 0 Å². The summed E-state index contributed by atoms with van der Waals surface area (Å²) in [6, 6.07) is 4.23. The predicted octanol–water partition coefficient (Wildman–Crippen LogP) is 4.40. The second kappa shape index (κ2) is 12.4.